The zero-order valence-electron chi connectivity index (χ0n) is 12.8. The van der Waals surface area contributed by atoms with Crippen LogP contribution >= 0.6 is 15.9 Å². The molecule has 4 nitrogen and oxygen atoms in total. The molecule has 3 rings (SSSR count). The van der Waals surface area contributed by atoms with Crippen molar-refractivity contribution in [3.8, 4) is 5.75 Å². The van der Waals surface area contributed by atoms with Crippen molar-refractivity contribution in [1.29, 1.82) is 0 Å². The maximum Gasteiger partial charge on any atom is 0.261 e. The van der Waals surface area contributed by atoms with Gasteiger partial charge in [-0.3, -0.25) is 9.36 Å². The highest BCUT2D eigenvalue weighted by Crippen LogP contribution is 2.15. The van der Waals surface area contributed by atoms with E-state index >= 15 is 0 Å². The number of aromatic nitrogens is 2. The van der Waals surface area contributed by atoms with E-state index in [1.165, 1.54) is 5.56 Å². The molecule has 0 aliphatic heterocycles. The molecule has 0 fully saturated rings. The summed E-state index contributed by atoms with van der Waals surface area (Å²) in [4.78, 5) is 16.8. The molecular weight excluding hydrogens is 356 g/mol. The summed E-state index contributed by atoms with van der Waals surface area (Å²) in [6.45, 7) is 3.00. The maximum atomic E-state index is 12.5. The van der Waals surface area contributed by atoms with Crippen LogP contribution in [0.2, 0.25) is 0 Å². The number of aryl methyl sites for hydroxylation is 1. The quantitative estimate of drug-likeness (QED) is 0.683. The number of fused-ring (bicyclic) bond motifs is 1. The van der Waals surface area contributed by atoms with Gasteiger partial charge in [0, 0.05) is 4.47 Å². The first kappa shape index (κ1) is 15.7. The molecule has 0 unspecified atom stereocenters. The standard InChI is InChI=1S/C18H17BrN2O2/c1-2-13-4-3-5-15(10-13)23-9-8-21-12-20-17-7-6-14(19)11-16(17)18(21)22/h3-7,10-12H,2,8-9H2,1H3. The van der Waals surface area contributed by atoms with E-state index < -0.39 is 0 Å². The van der Waals surface area contributed by atoms with Crippen LogP contribution in [0.15, 0.2) is 58.1 Å². The Hall–Kier alpha value is -2.14. The Balaban J connectivity index is 1.74. The topological polar surface area (TPSA) is 44.1 Å². The highest BCUT2D eigenvalue weighted by atomic mass is 79.9. The molecule has 5 heteroatoms. The number of halogens is 1. The molecule has 0 radical (unpaired) electrons. The second-order valence-electron chi connectivity index (χ2n) is 5.25. The van der Waals surface area contributed by atoms with Crippen molar-refractivity contribution in [2.75, 3.05) is 6.61 Å². The van der Waals surface area contributed by atoms with Crippen molar-refractivity contribution in [3.05, 3.63) is 69.2 Å². The SMILES string of the molecule is CCc1cccc(OCCn2cnc3ccc(Br)cc3c2=O)c1. The van der Waals surface area contributed by atoms with Gasteiger partial charge in [-0.2, -0.15) is 0 Å². The molecule has 1 aromatic heterocycles. The number of ether oxygens (including phenoxy) is 1. The largest absolute Gasteiger partial charge is 0.492 e. The van der Waals surface area contributed by atoms with E-state index in [9.17, 15) is 4.79 Å². The molecule has 0 N–H and O–H groups in total. The first-order chi connectivity index (χ1) is 11.2. The van der Waals surface area contributed by atoms with Crippen LogP contribution in [0.3, 0.4) is 0 Å². The number of benzene rings is 2. The maximum absolute atomic E-state index is 12.5. The predicted octanol–water partition coefficient (Wildman–Crippen LogP) is 3.80. The van der Waals surface area contributed by atoms with E-state index in [0.29, 0.717) is 24.1 Å². The fourth-order valence-electron chi connectivity index (χ4n) is 2.41. The van der Waals surface area contributed by atoms with Crippen LogP contribution in [0.5, 0.6) is 5.75 Å². The smallest absolute Gasteiger partial charge is 0.261 e. The van der Waals surface area contributed by atoms with Crippen LogP contribution in [0, 0.1) is 0 Å². The summed E-state index contributed by atoms with van der Waals surface area (Å²) in [6.07, 6.45) is 2.55. The Bertz CT molecular complexity index is 890. The third-order valence-electron chi connectivity index (χ3n) is 3.69. The van der Waals surface area contributed by atoms with E-state index in [1.54, 1.807) is 17.0 Å². The summed E-state index contributed by atoms with van der Waals surface area (Å²) in [5.41, 5.74) is 1.88. The zero-order valence-corrected chi connectivity index (χ0v) is 14.4. The monoisotopic (exact) mass is 372 g/mol. The Morgan fingerprint density at radius 3 is 2.91 bits per heavy atom. The molecule has 0 saturated heterocycles. The van der Waals surface area contributed by atoms with Crippen molar-refractivity contribution in [3.63, 3.8) is 0 Å². The molecule has 0 saturated carbocycles. The van der Waals surface area contributed by atoms with E-state index in [1.807, 2.05) is 30.3 Å². The normalized spacial score (nSPS) is 10.9. The zero-order chi connectivity index (χ0) is 16.2. The van der Waals surface area contributed by atoms with Crippen LogP contribution in [-0.4, -0.2) is 16.2 Å². The summed E-state index contributed by atoms with van der Waals surface area (Å²) in [6, 6.07) is 13.5. The predicted molar refractivity (Wildman–Crippen MR) is 95.0 cm³/mol. The fourth-order valence-corrected chi connectivity index (χ4v) is 2.77. The van der Waals surface area contributed by atoms with Gasteiger partial charge in [0.15, 0.2) is 0 Å². The molecule has 0 aliphatic carbocycles. The average molecular weight is 373 g/mol. The molecule has 0 spiro atoms. The molecular formula is C18H17BrN2O2. The van der Waals surface area contributed by atoms with Crippen LogP contribution in [-0.2, 0) is 13.0 Å². The second-order valence-corrected chi connectivity index (χ2v) is 6.17. The van der Waals surface area contributed by atoms with Gasteiger partial charge >= 0.3 is 0 Å². The fraction of sp³-hybridized carbons (Fsp3) is 0.222. The van der Waals surface area contributed by atoms with Crippen LogP contribution in [0.1, 0.15) is 12.5 Å². The number of hydrogen-bond donors (Lipinski definition) is 0. The first-order valence-corrected chi connectivity index (χ1v) is 8.33. The van der Waals surface area contributed by atoms with Gasteiger partial charge in [-0.25, -0.2) is 4.98 Å². The summed E-state index contributed by atoms with van der Waals surface area (Å²) in [7, 11) is 0. The van der Waals surface area contributed by atoms with Gasteiger partial charge in [-0.15, -0.1) is 0 Å². The lowest BCUT2D eigenvalue weighted by Gasteiger charge is -2.09. The van der Waals surface area contributed by atoms with Crippen molar-refractivity contribution >= 4 is 26.8 Å². The lowest BCUT2D eigenvalue weighted by molar-refractivity contribution is 0.296. The number of rotatable bonds is 5. The minimum Gasteiger partial charge on any atom is -0.492 e. The van der Waals surface area contributed by atoms with Crippen molar-refractivity contribution < 1.29 is 4.74 Å². The van der Waals surface area contributed by atoms with Gasteiger partial charge in [-0.05, 0) is 42.3 Å². The van der Waals surface area contributed by atoms with Gasteiger partial charge in [0.2, 0.25) is 0 Å². The number of nitrogens with zero attached hydrogens (tertiary/aromatic N) is 2. The van der Waals surface area contributed by atoms with Gasteiger partial charge in [-0.1, -0.05) is 35.0 Å². The van der Waals surface area contributed by atoms with E-state index in [2.05, 4.69) is 33.9 Å². The Morgan fingerprint density at radius 1 is 1.22 bits per heavy atom. The van der Waals surface area contributed by atoms with Crippen molar-refractivity contribution in [2.24, 2.45) is 0 Å². The Kier molecular flexibility index (Phi) is 4.76. The minimum absolute atomic E-state index is 0.0535. The molecule has 2 aromatic carbocycles. The van der Waals surface area contributed by atoms with Crippen molar-refractivity contribution in [2.45, 2.75) is 19.9 Å². The van der Waals surface area contributed by atoms with Crippen LogP contribution in [0.25, 0.3) is 10.9 Å². The summed E-state index contributed by atoms with van der Waals surface area (Å²) >= 11 is 3.39. The van der Waals surface area contributed by atoms with Crippen molar-refractivity contribution in [1.82, 2.24) is 9.55 Å². The second kappa shape index (κ2) is 6.96. The van der Waals surface area contributed by atoms with Gasteiger partial charge in [0.1, 0.15) is 12.4 Å². The first-order valence-electron chi connectivity index (χ1n) is 7.54. The molecule has 118 valence electrons. The summed E-state index contributed by atoms with van der Waals surface area (Å²) in [5, 5.41) is 0.606. The number of hydrogen-bond acceptors (Lipinski definition) is 3. The third-order valence-corrected chi connectivity index (χ3v) is 4.19. The minimum atomic E-state index is -0.0535. The van der Waals surface area contributed by atoms with E-state index in [4.69, 9.17) is 4.74 Å². The summed E-state index contributed by atoms with van der Waals surface area (Å²) in [5.74, 6) is 0.828. The highest BCUT2D eigenvalue weighted by Gasteiger charge is 2.05. The van der Waals surface area contributed by atoms with Gasteiger partial charge < -0.3 is 4.74 Å². The van der Waals surface area contributed by atoms with Gasteiger partial charge in [0.25, 0.3) is 5.56 Å². The average Bonchev–Trinajstić information content (AvgIpc) is 2.57. The highest BCUT2D eigenvalue weighted by molar-refractivity contribution is 9.10. The van der Waals surface area contributed by atoms with E-state index in [0.717, 1.165) is 16.6 Å². The van der Waals surface area contributed by atoms with Crippen LogP contribution in [0.4, 0.5) is 0 Å². The Morgan fingerprint density at radius 2 is 2.09 bits per heavy atom. The van der Waals surface area contributed by atoms with E-state index in [-0.39, 0.29) is 5.56 Å². The lowest BCUT2D eigenvalue weighted by Crippen LogP contribution is -2.23. The van der Waals surface area contributed by atoms with Gasteiger partial charge in [0.05, 0.1) is 23.8 Å². The summed E-state index contributed by atoms with van der Waals surface area (Å²) < 4.78 is 8.20. The molecule has 23 heavy (non-hydrogen) atoms. The molecule has 1 heterocycles. The lowest BCUT2D eigenvalue weighted by atomic mass is 10.2. The molecule has 0 atom stereocenters. The van der Waals surface area contributed by atoms with Crippen LogP contribution < -0.4 is 10.3 Å². The molecule has 0 aliphatic rings. The Labute approximate surface area is 142 Å². The molecule has 0 bridgehead atoms. The molecule has 3 aromatic rings. The third kappa shape index (κ3) is 3.62. The molecule has 0 amide bonds.